The monoisotopic (exact) mass is 360 g/mol. The SMILES string of the molecule is Fc1ccc(NC(=S)NC2(CCc3ccccc3)CCCC2)c(F)c1. The first-order valence-electron chi connectivity index (χ1n) is 8.65. The molecule has 2 nitrogen and oxygen atoms in total. The van der Waals surface area contributed by atoms with E-state index in [1.54, 1.807) is 0 Å². The maximum Gasteiger partial charge on any atom is 0.171 e. The summed E-state index contributed by atoms with van der Waals surface area (Å²) >= 11 is 5.39. The van der Waals surface area contributed by atoms with Crippen molar-refractivity contribution in [1.82, 2.24) is 5.32 Å². The van der Waals surface area contributed by atoms with Crippen LogP contribution in [0.3, 0.4) is 0 Å². The van der Waals surface area contributed by atoms with E-state index in [2.05, 4.69) is 22.8 Å². The van der Waals surface area contributed by atoms with Gasteiger partial charge >= 0.3 is 0 Å². The summed E-state index contributed by atoms with van der Waals surface area (Å²) in [4.78, 5) is 0. The van der Waals surface area contributed by atoms with E-state index in [-0.39, 0.29) is 11.2 Å². The standard InChI is InChI=1S/C20H22F2N2S/c21-16-8-9-18(17(22)14-16)23-19(25)24-20(11-4-5-12-20)13-10-15-6-2-1-3-7-15/h1-3,6-9,14H,4-5,10-13H2,(H2,23,24,25). The Bertz CT molecular complexity index is 728. The molecule has 0 bridgehead atoms. The lowest BCUT2D eigenvalue weighted by Gasteiger charge is -2.32. The van der Waals surface area contributed by atoms with E-state index in [1.807, 2.05) is 18.2 Å². The van der Waals surface area contributed by atoms with Crippen molar-refractivity contribution in [3.63, 3.8) is 0 Å². The molecule has 0 amide bonds. The fourth-order valence-corrected chi connectivity index (χ4v) is 3.83. The number of aryl methyl sites for hydroxylation is 1. The molecule has 0 aromatic heterocycles. The van der Waals surface area contributed by atoms with Crippen LogP contribution in [-0.4, -0.2) is 10.7 Å². The highest BCUT2D eigenvalue weighted by Gasteiger charge is 2.34. The largest absolute Gasteiger partial charge is 0.357 e. The van der Waals surface area contributed by atoms with Gasteiger partial charge in [0.1, 0.15) is 11.6 Å². The Morgan fingerprint density at radius 3 is 2.44 bits per heavy atom. The zero-order valence-corrected chi connectivity index (χ0v) is 14.8. The molecule has 0 unspecified atom stereocenters. The molecule has 1 fully saturated rings. The lowest BCUT2D eigenvalue weighted by Crippen LogP contribution is -2.48. The third kappa shape index (κ3) is 4.75. The molecular weight excluding hydrogens is 338 g/mol. The van der Waals surface area contributed by atoms with Gasteiger partial charge in [-0.15, -0.1) is 0 Å². The molecule has 1 aliphatic rings. The van der Waals surface area contributed by atoms with Gasteiger partial charge in [0.05, 0.1) is 5.69 Å². The van der Waals surface area contributed by atoms with Gasteiger partial charge in [0.2, 0.25) is 0 Å². The molecule has 0 heterocycles. The van der Waals surface area contributed by atoms with Gasteiger partial charge in [0.25, 0.3) is 0 Å². The maximum absolute atomic E-state index is 13.8. The molecular formula is C20H22F2N2S. The zero-order chi connectivity index (χ0) is 17.7. The van der Waals surface area contributed by atoms with Crippen LogP contribution >= 0.6 is 12.2 Å². The number of rotatable bonds is 5. The molecule has 2 N–H and O–H groups in total. The van der Waals surface area contributed by atoms with Gasteiger partial charge < -0.3 is 10.6 Å². The van der Waals surface area contributed by atoms with E-state index < -0.39 is 11.6 Å². The summed E-state index contributed by atoms with van der Waals surface area (Å²) in [6, 6.07) is 13.8. The van der Waals surface area contributed by atoms with E-state index in [0.29, 0.717) is 5.11 Å². The maximum atomic E-state index is 13.8. The van der Waals surface area contributed by atoms with Crippen molar-refractivity contribution >= 4 is 23.0 Å². The molecule has 0 aliphatic heterocycles. The smallest absolute Gasteiger partial charge is 0.171 e. The fourth-order valence-electron chi connectivity index (χ4n) is 3.50. The molecule has 25 heavy (non-hydrogen) atoms. The Hall–Kier alpha value is -2.01. The summed E-state index contributed by atoms with van der Waals surface area (Å²) in [5, 5.41) is 6.67. The minimum Gasteiger partial charge on any atom is -0.357 e. The van der Waals surface area contributed by atoms with Crippen molar-refractivity contribution < 1.29 is 8.78 Å². The van der Waals surface area contributed by atoms with Crippen LogP contribution in [0.15, 0.2) is 48.5 Å². The molecule has 3 rings (SSSR count). The van der Waals surface area contributed by atoms with Crippen molar-refractivity contribution in [3.05, 3.63) is 65.7 Å². The normalized spacial score (nSPS) is 15.8. The van der Waals surface area contributed by atoms with Crippen LogP contribution in [0.4, 0.5) is 14.5 Å². The molecule has 0 spiro atoms. The molecule has 132 valence electrons. The number of nitrogens with one attached hydrogen (secondary N) is 2. The first-order chi connectivity index (χ1) is 12.1. The molecule has 5 heteroatoms. The third-order valence-electron chi connectivity index (χ3n) is 4.85. The minimum atomic E-state index is -0.645. The summed E-state index contributed by atoms with van der Waals surface area (Å²) < 4.78 is 26.8. The summed E-state index contributed by atoms with van der Waals surface area (Å²) in [5.41, 5.74) is 1.44. The van der Waals surface area contributed by atoms with Crippen LogP contribution in [0.25, 0.3) is 0 Å². The Balaban J connectivity index is 1.63. The van der Waals surface area contributed by atoms with Crippen LogP contribution in [0.5, 0.6) is 0 Å². The molecule has 0 atom stereocenters. The number of hydrogen-bond donors (Lipinski definition) is 2. The first-order valence-corrected chi connectivity index (χ1v) is 9.05. The van der Waals surface area contributed by atoms with Crippen LogP contribution in [0.2, 0.25) is 0 Å². The highest BCUT2D eigenvalue weighted by Crippen LogP contribution is 2.34. The molecule has 0 radical (unpaired) electrons. The molecule has 1 aliphatic carbocycles. The second kappa shape index (κ2) is 7.91. The van der Waals surface area contributed by atoms with Crippen LogP contribution < -0.4 is 10.6 Å². The van der Waals surface area contributed by atoms with Gasteiger partial charge in [-0.1, -0.05) is 43.2 Å². The van der Waals surface area contributed by atoms with Gasteiger partial charge in [0.15, 0.2) is 5.11 Å². The Morgan fingerprint density at radius 1 is 1.04 bits per heavy atom. The van der Waals surface area contributed by atoms with Crippen molar-refractivity contribution in [2.24, 2.45) is 0 Å². The average molecular weight is 360 g/mol. The number of anilines is 1. The lowest BCUT2D eigenvalue weighted by atomic mass is 9.89. The van der Waals surface area contributed by atoms with E-state index >= 15 is 0 Å². The molecule has 2 aromatic carbocycles. The van der Waals surface area contributed by atoms with Crippen molar-refractivity contribution in [2.45, 2.75) is 44.1 Å². The second-order valence-corrected chi connectivity index (χ2v) is 7.08. The summed E-state index contributed by atoms with van der Waals surface area (Å²) in [7, 11) is 0. The number of thiocarbonyl (C=S) groups is 1. The fraction of sp³-hybridized carbons (Fsp3) is 0.350. The zero-order valence-electron chi connectivity index (χ0n) is 14.0. The Morgan fingerprint density at radius 2 is 1.76 bits per heavy atom. The number of hydrogen-bond acceptors (Lipinski definition) is 1. The Kier molecular flexibility index (Phi) is 5.63. The van der Waals surface area contributed by atoms with Crippen LogP contribution in [-0.2, 0) is 6.42 Å². The minimum absolute atomic E-state index is 0.0591. The molecule has 2 aromatic rings. The average Bonchev–Trinajstić information content (AvgIpc) is 3.05. The van der Waals surface area contributed by atoms with E-state index in [0.717, 1.165) is 44.6 Å². The van der Waals surface area contributed by atoms with Crippen LogP contribution in [0, 0.1) is 11.6 Å². The quantitative estimate of drug-likeness (QED) is 0.717. The van der Waals surface area contributed by atoms with E-state index in [4.69, 9.17) is 12.2 Å². The lowest BCUT2D eigenvalue weighted by molar-refractivity contribution is 0.362. The first kappa shape index (κ1) is 17.8. The highest BCUT2D eigenvalue weighted by molar-refractivity contribution is 7.80. The van der Waals surface area contributed by atoms with E-state index in [9.17, 15) is 8.78 Å². The molecule has 1 saturated carbocycles. The number of halogens is 2. The number of benzene rings is 2. The van der Waals surface area contributed by atoms with Crippen molar-refractivity contribution in [2.75, 3.05) is 5.32 Å². The summed E-state index contributed by atoms with van der Waals surface area (Å²) in [5.74, 6) is -1.24. The predicted octanol–water partition coefficient (Wildman–Crippen LogP) is 5.20. The topological polar surface area (TPSA) is 24.1 Å². The predicted molar refractivity (Wildman–Crippen MR) is 102 cm³/mol. The van der Waals surface area contributed by atoms with E-state index in [1.165, 1.54) is 17.7 Å². The third-order valence-corrected chi connectivity index (χ3v) is 5.06. The van der Waals surface area contributed by atoms with Gasteiger partial charge in [-0.3, -0.25) is 0 Å². The van der Waals surface area contributed by atoms with Crippen LogP contribution in [0.1, 0.15) is 37.7 Å². The van der Waals surface area contributed by atoms with Gasteiger partial charge in [-0.05, 0) is 55.6 Å². The van der Waals surface area contributed by atoms with Gasteiger partial charge in [-0.25, -0.2) is 8.78 Å². The summed E-state index contributed by atoms with van der Waals surface area (Å²) in [6.45, 7) is 0. The highest BCUT2D eigenvalue weighted by atomic mass is 32.1. The van der Waals surface area contributed by atoms with Gasteiger partial charge in [-0.2, -0.15) is 0 Å². The second-order valence-electron chi connectivity index (χ2n) is 6.68. The van der Waals surface area contributed by atoms with Gasteiger partial charge in [0, 0.05) is 11.6 Å². The molecule has 0 saturated heterocycles. The van der Waals surface area contributed by atoms with Crippen molar-refractivity contribution in [1.29, 1.82) is 0 Å². The summed E-state index contributed by atoms with van der Waals surface area (Å²) in [6.07, 6.45) is 6.37. The van der Waals surface area contributed by atoms with Crippen molar-refractivity contribution in [3.8, 4) is 0 Å². The Labute approximate surface area is 152 Å².